The summed E-state index contributed by atoms with van der Waals surface area (Å²) < 4.78 is 10.0. The topological polar surface area (TPSA) is 102 Å². The summed E-state index contributed by atoms with van der Waals surface area (Å²) in [5, 5.41) is 2.92. The highest BCUT2D eigenvalue weighted by Gasteiger charge is 2.70. The highest BCUT2D eigenvalue weighted by atomic mass is 16.5. The number of benzene rings is 1. The maximum absolute atomic E-state index is 12.8. The molecule has 0 aromatic heterocycles. The van der Waals surface area contributed by atoms with Gasteiger partial charge in [-0.25, -0.2) is 4.79 Å². The molecule has 0 aliphatic carbocycles. The van der Waals surface area contributed by atoms with Gasteiger partial charge in [-0.3, -0.25) is 24.6 Å². The van der Waals surface area contributed by atoms with Crippen LogP contribution in [0.2, 0.25) is 0 Å². The summed E-state index contributed by atoms with van der Waals surface area (Å²) in [7, 11) is 2.55. The fourth-order valence-corrected chi connectivity index (χ4v) is 3.92. The number of nitrogens with one attached hydrogen (secondary N) is 1. The average molecular weight is 360 g/mol. The molecule has 0 bridgehead atoms. The number of methoxy groups -OCH3 is 1. The largest absolute Gasteiger partial charge is 0.467 e. The Morgan fingerprint density at radius 2 is 1.85 bits per heavy atom. The molecular formula is C18H20N2O6. The van der Waals surface area contributed by atoms with E-state index in [1.807, 2.05) is 0 Å². The van der Waals surface area contributed by atoms with Crippen molar-refractivity contribution in [2.75, 3.05) is 20.8 Å². The van der Waals surface area contributed by atoms with Crippen LogP contribution in [0.4, 0.5) is 0 Å². The molecule has 8 heteroatoms. The molecule has 1 aromatic carbocycles. The Morgan fingerprint density at radius 3 is 2.42 bits per heavy atom. The van der Waals surface area contributed by atoms with Crippen molar-refractivity contribution in [2.24, 2.45) is 11.8 Å². The van der Waals surface area contributed by atoms with Crippen LogP contribution in [-0.4, -0.2) is 55.5 Å². The number of carbonyl (C=O) groups excluding carboxylic acids is 4. The molecule has 1 N–H and O–H groups in total. The third kappa shape index (κ3) is 2.33. The minimum absolute atomic E-state index is 0.114. The van der Waals surface area contributed by atoms with Gasteiger partial charge in [0.15, 0.2) is 5.54 Å². The molecule has 2 amide bonds. The number of hydrogen-bond donors (Lipinski definition) is 1. The zero-order valence-electron chi connectivity index (χ0n) is 14.7. The van der Waals surface area contributed by atoms with Crippen molar-refractivity contribution in [3.63, 3.8) is 0 Å². The number of fused-ring (bicyclic) bond motifs is 1. The number of rotatable bonds is 4. The predicted molar refractivity (Wildman–Crippen MR) is 88.4 cm³/mol. The van der Waals surface area contributed by atoms with E-state index in [-0.39, 0.29) is 6.61 Å². The van der Waals surface area contributed by atoms with Crippen LogP contribution in [0.5, 0.6) is 0 Å². The van der Waals surface area contributed by atoms with Crippen molar-refractivity contribution in [1.82, 2.24) is 10.2 Å². The molecule has 26 heavy (non-hydrogen) atoms. The maximum atomic E-state index is 12.8. The summed E-state index contributed by atoms with van der Waals surface area (Å²) in [6.07, 6.45) is 0. The minimum Gasteiger partial charge on any atom is -0.467 e. The highest BCUT2D eigenvalue weighted by molar-refractivity contribution is 6.11. The molecule has 2 saturated heterocycles. The normalized spacial score (nSPS) is 30.3. The van der Waals surface area contributed by atoms with Gasteiger partial charge in [0.1, 0.15) is 6.04 Å². The van der Waals surface area contributed by atoms with E-state index < -0.39 is 47.2 Å². The van der Waals surface area contributed by atoms with Gasteiger partial charge in [0, 0.05) is 7.05 Å². The SMILES string of the molecule is CCOC(=O)[C@@H]1N[C@](C(=O)OC)(c2ccccc2)[C@@H]2C(=O)N(C)C(=O)[C@@H]21. The van der Waals surface area contributed by atoms with Gasteiger partial charge in [-0.15, -0.1) is 0 Å². The molecule has 2 aliphatic heterocycles. The van der Waals surface area contributed by atoms with E-state index in [4.69, 9.17) is 9.47 Å². The lowest BCUT2D eigenvalue weighted by Gasteiger charge is -2.32. The first kappa shape index (κ1) is 18.1. The molecule has 2 aliphatic rings. The first-order chi connectivity index (χ1) is 12.4. The molecular weight excluding hydrogens is 340 g/mol. The van der Waals surface area contributed by atoms with E-state index in [0.29, 0.717) is 5.56 Å². The Hall–Kier alpha value is -2.74. The predicted octanol–water partition coefficient (Wildman–Crippen LogP) is -0.179. The maximum Gasteiger partial charge on any atom is 0.331 e. The van der Waals surface area contributed by atoms with Crippen LogP contribution in [0.15, 0.2) is 30.3 Å². The summed E-state index contributed by atoms with van der Waals surface area (Å²) in [6.45, 7) is 1.76. The molecule has 3 rings (SSSR count). The second-order valence-corrected chi connectivity index (χ2v) is 6.28. The molecule has 4 atom stereocenters. The minimum atomic E-state index is -1.64. The molecule has 8 nitrogen and oxygen atoms in total. The van der Waals surface area contributed by atoms with Gasteiger partial charge < -0.3 is 9.47 Å². The molecule has 2 heterocycles. The first-order valence-corrected chi connectivity index (χ1v) is 8.29. The fourth-order valence-electron chi connectivity index (χ4n) is 3.92. The second kappa shape index (κ2) is 6.53. The summed E-state index contributed by atoms with van der Waals surface area (Å²) in [6, 6.07) is 7.37. The zero-order chi connectivity index (χ0) is 19.1. The van der Waals surface area contributed by atoms with Crippen LogP contribution >= 0.6 is 0 Å². The van der Waals surface area contributed by atoms with Gasteiger partial charge in [0.05, 0.1) is 25.6 Å². The smallest absolute Gasteiger partial charge is 0.331 e. The molecule has 0 saturated carbocycles. The molecule has 138 valence electrons. The lowest BCUT2D eigenvalue weighted by atomic mass is 9.76. The summed E-state index contributed by atoms with van der Waals surface area (Å²) in [4.78, 5) is 51.8. The summed E-state index contributed by atoms with van der Waals surface area (Å²) in [5.74, 6) is -4.60. The quantitative estimate of drug-likeness (QED) is 0.587. The van der Waals surface area contributed by atoms with Gasteiger partial charge in [0.2, 0.25) is 11.8 Å². The molecule has 0 radical (unpaired) electrons. The van der Waals surface area contributed by atoms with E-state index >= 15 is 0 Å². The van der Waals surface area contributed by atoms with Gasteiger partial charge in [-0.05, 0) is 12.5 Å². The molecule has 0 unspecified atom stereocenters. The number of amides is 2. The van der Waals surface area contributed by atoms with E-state index in [9.17, 15) is 19.2 Å². The Labute approximate surface area is 150 Å². The number of carbonyl (C=O) groups is 4. The number of likely N-dealkylation sites (tertiary alicyclic amines) is 1. The number of ether oxygens (including phenoxy) is 2. The van der Waals surface area contributed by atoms with E-state index in [2.05, 4.69) is 5.32 Å². The lowest BCUT2D eigenvalue weighted by Crippen LogP contribution is -2.55. The Balaban J connectivity index is 2.21. The van der Waals surface area contributed by atoms with Gasteiger partial charge in [0.25, 0.3) is 0 Å². The Kier molecular flexibility index (Phi) is 4.53. The van der Waals surface area contributed by atoms with Crippen molar-refractivity contribution in [3.8, 4) is 0 Å². The van der Waals surface area contributed by atoms with Crippen LogP contribution in [0.1, 0.15) is 12.5 Å². The van der Waals surface area contributed by atoms with Crippen molar-refractivity contribution < 1.29 is 28.7 Å². The molecule has 0 spiro atoms. The standard InChI is InChI=1S/C18H20N2O6/c1-4-26-16(23)13-11-12(15(22)20(2)14(11)21)18(19-13,17(24)25-3)10-8-6-5-7-9-10/h5-9,11-13,19H,4H2,1-3H3/t11-,12-,13+,18+/m0/s1. The van der Waals surface area contributed by atoms with Gasteiger partial charge in [-0.1, -0.05) is 30.3 Å². The van der Waals surface area contributed by atoms with Crippen LogP contribution in [0.25, 0.3) is 0 Å². The third-order valence-electron chi connectivity index (χ3n) is 5.06. The van der Waals surface area contributed by atoms with Crippen molar-refractivity contribution in [3.05, 3.63) is 35.9 Å². The van der Waals surface area contributed by atoms with Crippen LogP contribution < -0.4 is 5.32 Å². The van der Waals surface area contributed by atoms with Crippen LogP contribution in [0.3, 0.4) is 0 Å². The Bertz CT molecular complexity index is 764. The molecule has 1 aromatic rings. The third-order valence-corrected chi connectivity index (χ3v) is 5.06. The highest BCUT2D eigenvalue weighted by Crippen LogP contribution is 2.48. The van der Waals surface area contributed by atoms with Crippen LogP contribution in [0, 0.1) is 11.8 Å². The van der Waals surface area contributed by atoms with E-state index in [1.165, 1.54) is 14.2 Å². The average Bonchev–Trinajstić information content (AvgIpc) is 3.13. The Morgan fingerprint density at radius 1 is 1.19 bits per heavy atom. The monoisotopic (exact) mass is 360 g/mol. The van der Waals surface area contributed by atoms with Crippen molar-refractivity contribution in [1.29, 1.82) is 0 Å². The zero-order valence-corrected chi connectivity index (χ0v) is 14.7. The number of esters is 2. The summed E-state index contributed by atoms with van der Waals surface area (Å²) >= 11 is 0. The van der Waals surface area contributed by atoms with Gasteiger partial charge in [-0.2, -0.15) is 0 Å². The van der Waals surface area contributed by atoms with E-state index in [0.717, 1.165) is 4.90 Å². The number of imide groups is 1. The number of hydrogen-bond acceptors (Lipinski definition) is 7. The van der Waals surface area contributed by atoms with Gasteiger partial charge >= 0.3 is 11.9 Å². The summed E-state index contributed by atoms with van der Waals surface area (Å²) in [5.41, 5.74) is -1.19. The fraction of sp³-hybridized carbons (Fsp3) is 0.444. The van der Waals surface area contributed by atoms with Crippen molar-refractivity contribution >= 4 is 23.8 Å². The first-order valence-electron chi connectivity index (χ1n) is 8.29. The lowest BCUT2D eigenvalue weighted by molar-refractivity contribution is -0.155. The second-order valence-electron chi connectivity index (χ2n) is 6.28. The van der Waals surface area contributed by atoms with Crippen molar-refractivity contribution in [2.45, 2.75) is 18.5 Å². The molecule has 2 fully saturated rings. The van der Waals surface area contributed by atoms with E-state index in [1.54, 1.807) is 37.3 Å². The number of nitrogens with zero attached hydrogens (tertiary/aromatic N) is 1. The van der Waals surface area contributed by atoms with Crippen LogP contribution in [-0.2, 0) is 34.2 Å².